The molecule has 2 rings (SSSR count). The van der Waals surface area contributed by atoms with Crippen LogP contribution in [0.2, 0.25) is 0 Å². The van der Waals surface area contributed by atoms with Gasteiger partial charge < -0.3 is 0 Å². The van der Waals surface area contributed by atoms with Gasteiger partial charge in [-0.15, -0.1) is 0 Å². The normalized spacial score (nSPS) is 21.7. The van der Waals surface area contributed by atoms with Gasteiger partial charge in [-0.3, -0.25) is 4.90 Å². The van der Waals surface area contributed by atoms with E-state index in [0.717, 1.165) is 24.0 Å². The van der Waals surface area contributed by atoms with Crippen LogP contribution in [-0.4, -0.2) is 22.8 Å². The van der Waals surface area contributed by atoms with E-state index in [0.29, 0.717) is 6.04 Å². The van der Waals surface area contributed by atoms with Crippen molar-refractivity contribution < 1.29 is 4.39 Å². The molecule has 0 saturated carbocycles. The first-order valence-electron chi connectivity index (χ1n) is 6.25. The highest BCUT2D eigenvalue weighted by atomic mass is 79.9. The molecule has 0 radical (unpaired) electrons. The molecule has 1 aliphatic rings. The number of likely N-dealkylation sites (tertiary alicyclic amines) is 1. The summed E-state index contributed by atoms with van der Waals surface area (Å²) in [5.41, 5.74) is 2.31. The van der Waals surface area contributed by atoms with Crippen LogP contribution in [0.25, 0.3) is 0 Å². The van der Waals surface area contributed by atoms with Crippen LogP contribution in [0, 0.1) is 12.7 Å². The van der Waals surface area contributed by atoms with E-state index in [1.807, 2.05) is 13.0 Å². The summed E-state index contributed by atoms with van der Waals surface area (Å²) in [7, 11) is 0. The molecule has 1 heterocycles. The monoisotopic (exact) mass is 299 g/mol. The molecule has 0 aromatic heterocycles. The third-order valence-electron chi connectivity index (χ3n) is 3.61. The first-order chi connectivity index (χ1) is 8.20. The number of aryl methyl sites for hydroxylation is 1. The van der Waals surface area contributed by atoms with E-state index < -0.39 is 0 Å². The lowest BCUT2D eigenvalue weighted by atomic mass is 10.0. The molecule has 94 valence electrons. The Morgan fingerprint density at radius 1 is 1.41 bits per heavy atom. The summed E-state index contributed by atoms with van der Waals surface area (Å²) >= 11 is 3.59. The van der Waals surface area contributed by atoms with Crippen LogP contribution in [0.4, 0.5) is 4.39 Å². The molecule has 1 atom stereocenters. The van der Waals surface area contributed by atoms with Gasteiger partial charge in [0.15, 0.2) is 0 Å². The molecule has 0 amide bonds. The van der Waals surface area contributed by atoms with E-state index >= 15 is 0 Å². The van der Waals surface area contributed by atoms with Crippen LogP contribution >= 0.6 is 15.9 Å². The van der Waals surface area contributed by atoms with Gasteiger partial charge in [-0.1, -0.05) is 28.4 Å². The van der Waals surface area contributed by atoms with Gasteiger partial charge in [-0.25, -0.2) is 4.39 Å². The average molecular weight is 300 g/mol. The maximum Gasteiger partial charge on any atom is 0.123 e. The van der Waals surface area contributed by atoms with Crippen LogP contribution < -0.4 is 0 Å². The fourth-order valence-electron chi connectivity index (χ4n) is 2.50. The van der Waals surface area contributed by atoms with Crippen molar-refractivity contribution in [2.45, 2.75) is 38.8 Å². The Hall–Kier alpha value is -0.410. The second-order valence-electron chi connectivity index (χ2n) is 4.85. The molecule has 17 heavy (non-hydrogen) atoms. The second kappa shape index (κ2) is 5.96. The third-order valence-corrected chi connectivity index (χ3v) is 4.35. The first-order valence-corrected chi connectivity index (χ1v) is 7.38. The summed E-state index contributed by atoms with van der Waals surface area (Å²) in [5.74, 6) is -0.137. The van der Waals surface area contributed by atoms with Gasteiger partial charge in [-0.05, 0) is 49.6 Å². The number of benzene rings is 1. The smallest absolute Gasteiger partial charge is 0.123 e. The molecule has 1 saturated heterocycles. The van der Waals surface area contributed by atoms with Gasteiger partial charge in [-0.2, -0.15) is 0 Å². The van der Waals surface area contributed by atoms with E-state index in [1.165, 1.54) is 24.8 Å². The average Bonchev–Trinajstić information content (AvgIpc) is 2.33. The van der Waals surface area contributed by atoms with E-state index in [4.69, 9.17) is 0 Å². The lowest BCUT2D eigenvalue weighted by Crippen LogP contribution is -2.40. The fourth-order valence-corrected chi connectivity index (χ4v) is 3.23. The summed E-state index contributed by atoms with van der Waals surface area (Å²) < 4.78 is 13.0. The van der Waals surface area contributed by atoms with Gasteiger partial charge in [0.1, 0.15) is 5.82 Å². The Labute approximate surface area is 111 Å². The van der Waals surface area contributed by atoms with Gasteiger partial charge in [0.05, 0.1) is 0 Å². The van der Waals surface area contributed by atoms with Crippen LogP contribution in [0.15, 0.2) is 18.2 Å². The summed E-state index contributed by atoms with van der Waals surface area (Å²) in [4.78, 5) is 2.51. The second-order valence-corrected chi connectivity index (χ2v) is 5.49. The number of nitrogens with zero attached hydrogens (tertiary/aromatic N) is 1. The predicted octanol–water partition coefficient (Wildman–Crippen LogP) is 3.88. The topological polar surface area (TPSA) is 3.24 Å². The number of piperidine rings is 1. The SMILES string of the molecule is Cc1cc(F)ccc1CN1CCCCC1CBr. The molecule has 0 N–H and O–H groups in total. The van der Waals surface area contributed by atoms with Gasteiger partial charge in [0, 0.05) is 17.9 Å². The summed E-state index contributed by atoms with van der Waals surface area (Å²) in [5, 5.41) is 1.03. The fraction of sp³-hybridized carbons (Fsp3) is 0.571. The van der Waals surface area contributed by atoms with Crippen molar-refractivity contribution in [2.24, 2.45) is 0 Å². The van der Waals surface area contributed by atoms with Crippen molar-refractivity contribution in [1.29, 1.82) is 0 Å². The molecular weight excluding hydrogens is 281 g/mol. The Morgan fingerprint density at radius 3 is 2.94 bits per heavy atom. The molecule has 1 aliphatic heterocycles. The Balaban J connectivity index is 2.08. The van der Waals surface area contributed by atoms with E-state index in [1.54, 1.807) is 12.1 Å². The highest BCUT2D eigenvalue weighted by Gasteiger charge is 2.21. The number of alkyl halides is 1. The van der Waals surface area contributed by atoms with Crippen molar-refractivity contribution in [3.8, 4) is 0 Å². The number of halogens is 2. The van der Waals surface area contributed by atoms with E-state index in [2.05, 4.69) is 20.8 Å². The van der Waals surface area contributed by atoms with Gasteiger partial charge in [0.25, 0.3) is 0 Å². The highest BCUT2D eigenvalue weighted by molar-refractivity contribution is 9.09. The zero-order chi connectivity index (χ0) is 12.3. The van der Waals surface area contributed by atoms with Crippen LogP contribution in [0.5, 0.6) is 0 Å². The lowest BCUT2D eigenvalue weighted by Gasteiger charge is -2.35. The van der Waals surface area contributed by atoms with Crippen molar-refractivity contribution in [3.05, 3.63) is 35.1 Å². The standard InChI is InChI=1S/C14H19BrFN/c1-11-8-13(16)6-5-12(11)10-17-7-3-2-4-14(17)9-15/h5-6,8,14H,2-4,7,9-10H2,1H3. The molecule has 0 bridgehead atoms. The molecule has 1 aromatic rings. The van der Waals surface area contributed by atoms with Crippen LogP contribution in [0.1, 0.15) is 30.4 Å². The Kier molecular flexibility index (Phi) is 4.57. The number of hydrogen-bond donors (Lipinski definition) is 0. The minimum Gasteiger partial charge on any atom is -0.295 e. The van der Waals surface area contributed by atoms with E-state index in [9.17, 15) is 4.39 Å². The molecule has 1 nitrogen and oxygen atoms in total. The summed E-state index contributed by atoms with van der Waals surface area (Å²) in [6.07, 6.45) is 3.88. The molecule has 0 aliphatic carbocycles. The molecule has 3 heteroatoms. The van der Waals surface area contributed by atoms with Crippen molar-refractivity contribution >= 4 is 15.9 Å². The maximum atomic E-state index is 13.0. The largest absolute Gasteiger partial charge is 0.295 e. The molecular formula is C14H19BrFN. The van der Waals surface area contributed by atoms with Crippen LogP contribution in [-0.2, 0) is 6.54 Å². The lowest BCUT2D eigenvalue weighted by molar-refractivity contribution is 0.156. The van der Waals surface area contributed by atoms with Crippen molar-refractivity contribution in [3.63, 3.8) is 0 Å². The molecule has 1 unspecified atom stereocenters. The quantitative estimate of drug-likeness (QED) is 0.766. The molecule has 1 aromatic carbocycles. The van der Waals surface area contributed by atoms with Gasteiger partial charge >= 0.3 is 0 Å². The minimum absolute atomic E-state index is 0.137. The first kappa shape index (κ1) is 13.0. The van der Waals surface area contributed by atoms with E-state index in [-0.39, 0.29) is 5.82 Å². The molecule has 0 spiro atoms. The Morgan fingerprint density at radius 2 is 2.24 bits per heavy atom. The van der Waals surface area contributed by atoms with Crippen molar-refractivity contribution in [1.82, 2.24) is 4.90 Å². The number of hydrogen-bond acceptors (Lipinski definition) is 1. The zero-order valence-corrected chi connectivity index (χ0v) is 11.8. The maximum absolute atomic E-state index is 13.0. The minimum atomic E-state index is -0.137. The predicted molar refractivity (Wildman–Crippen MR) is 73.0 cm³/mol. The number of rotatable bonds is 3. The highest BCUT2D eigenvalue weighted by Crippen LogP contribution is 2.22. The van der Waals surface area contributed by atoms with Crippen LogP contribution in [0.3, 0.4) is 0 Å². The van der Waals surface area contributed by atoms with Gasteiger partial charge in [0.2, 0.25) is 0 Å². The van der Waals surface area contributed by atoms with Crippen molar-refractivity contribution in [2.75, 3.05) is 11.9 Å². The Bertz CT molecular complexity index is 380. The summed E-state index contributed by atoms with van der Waals surface area (Å²) in [6, 6.07) is 5.75. The zero-order valence-electron chi connectivity index (χ0n) is 10.3. The molecule has 1 fully saturated rings. The third kappa shape index (κ3) is 3.29. The summed E-state index contributed by atoms with van der Waals surface area (Å²) in [6.45, 7) is 4.10.